The molecule has 1 aromatic carbocycles. The third-order valence-electron chi connectivity index (χ3n) is 4.76. The molecule has 4 unspecified atom stereocenters. The number of hydrogen-bond acceptors (Lipinski definition) is 2. The van der Waals surface area contributed by atoms with Crippen molar-refractivity contribution >= 4 is 0 Å². The molecule has 2 N–H and O–H groups in total. The third-order valence-corrected chi connectivity index (χ3v) is 4.76. The minimum absolute atomic E-state index is 0.137. The number of hydrogen-bond donors (Lipinski definition) is 1. The predicted molar refractivity (Wildman–Crippen MR) is 84.4 cm³/mol. The van der Waals surface area contributed by atoms with Crippen LogP contribution in [0.5, 0.6) is 0 Å². The summed E-state index contributed by atoms with van der Waals surface area (Å²) in [6.07, 6.45) is 3.73. The molecule has 0 aromatic heterocycles. The number of nitrogens with two attached hydrogens (primary N) is 1. The SMILES string of the molecule is CC1CCC(C(C)C)C(OC(CN)c2ccc(F)cc2)C1. The van der Waals surface area contributed by atoms with Crippen LogP contribution in [0.15, 0.2) is 24.3 Å². The Morgan fingerprint density at radius 1 is 1.24 bits per heavy atom. The molecule has 2 rings (SSSR count). The van der Waals surface area contributed by atoms with E-state index >= 15 is 0 Å². The van der Waals surface area contributed by atoms with Crippen molar-refractivity contribution in [3.8, 4) is 0 Å². The Kier molecular flexibility index (Phi) is 5.77. The lowest BCUT2D eigenvalue weighted by Gasteiger charge is -2.39. The van der Waals surface area contributed by atoms with Gasteiger partial charge in [-0.1, -0.05) is 39.3 Å². The fourth-order valence-corrected chi connectivity index (χ4v) is 3.43. The molecule has 1 fully saturated rings. The van der Waals surface area contributed by atoms with Crippen molar-refractivity contribution in [1.29, 1.82) is 0 Å². The van der Waals surface area contributed by atoms with Crippen LogP contribution in [0.25, 0.3) is 0 Å². The minimum atomic E-state index is -0.221. The smallest absolute Gasteiger partial charge is 0.123 e. The summed E-state index contributed by atoms with van der Waals surface area (Å²) in [4.78, 5) is 0. The van der Waals surface area contributed by atoms with E-state index in [0.717, 1.165) is 12.0 Å². The molecule has 0 bridgehead atoms. The van der Waals surface area contributed by atoms with Crippen molar-refractivity contribution in [2.24, 2.45) is 23.5 Å². The lowest BCUT2D eigenvalue weighted by molar-refractivity contribution is -0.0786. The predicted octanol–water partition coefficient (Wildman–Crippen LogP) is 4.30. The first-order chi connectivity index (χ1) is 10.0. The van der Waals surface area contributed by atoms with Crippen molar-refractivity contribution in [3.63, 3.8) is 0 Å². The molecule has 3 heteroatoms. The number of rotatable bonds is 5. The summed E-state index contributed by atoms with van der Waals surface area (Å²) in [5.74, 6) is 1.70. The van der Waals surface area contributed by atoms with Gasteiger partial charge in [0.05, 0.1) is 12.2 Å². The summed E-state index contributed by atoms with van der Waals surface area (Å²) in [7, 11) is 0. The molecule has 0 amide bonds. The highest BCUT2D eigenvalue weighted by molar-refractivity contribution is 5.19. The van der Waals surface area contributed by atoms with E-state index in [9.17, 15) is 4.39 Å². The topological polar surface area (TPSA) is 35.2 Å². The Hall–Kier alpha value is -0.930. The van der Waals surface area contributed by atoms with E-state index in [1.165, 1.54) is 25.0 Å². The Labute approximate surface area is 127 Å². The maximum absolute atomic E-state index is 13.1. The van der Waals surface area contributed by atoms with E-state index in [0.29, 0.717) is 24.3 Å². The molecular weight excluding hydrogens is 265 g/mol. The van der Waals surface area contributed by atoms with Crippen LogP contribution < -0.4 is 5.73 Å². The summed E-state index contributed by atoms with van der Waals surface area (Å²) in [5.41, 5.74) is 6.87. The molecule has 0 heterocycles. The maximum atomic E-state index is 13.1. The molecule has 0 radical (unpaired) electrons. The van der Waals surface area contributed by atoms with Gasteiger partial charge in [0.2, 0.25) is 0 Å². The van der Waals surface area contributed by atoms with Gasteiger partial charge < -0.3 is 10.5 Å². The van der Waals surface area contributed by atoms with Gasteiger partial charge in [0.25, 0.3) is 0 Å². The molecule has 0 aliphatic heterocycles. The molecule has 1 saturated carbocycles. The summed E-state index contributed by atoms with van der Waals surface area (Å²) in [6.45, 7) is 7.27. The standard InChI is InChI=1S/C18H28FNO/c1-12(2)16-9-4-13(3)10-17(16)21-18(11-20)14-5-7-15(19)8-6-14/h5-8,12-13,16-18H,4,9-11,20H2,1-3H3. The average molecular weight is 293 g/mol. The summed E-state index contributed by atoms with van der Waals surface area (Å²) >= 11 is 0. The van der Waals surface area contributed by atoms with Gasteiger partial charge in [-0.15, -0.1) is 0 Å². The Morgan fingerprint density at radius 3 is 2.48 bits per heavy atom. The second-order valence-corrected chi connectivity index (χ2v) is 6.78. The van der Waals surface area contributed by atoms with Crippen molar-refractivity contribution < 1.29 is 9.13 Å². The number of halogens is 1. The van der Waals surface area contributed by atoms with Gasteiger partial charge in [0.15, 0.2) is 0 Å². The van der Waals surface area contributed by atoms with Gasteiger partial charge in [0, 0.05) is 6.54 Å². The lowest BCUT2D eigenvalue weighted by atomic mass is 9.75. The minimum Gasteiger partial charge on any atom is -0.369 e. The summed E-state index contributed by atoms with van der Waals surface area (Å²) in [6, 6.07) is 6.52. The number of benzene rings is 1. The molecule has 1 aromatic rings. The maximum Gasteiger partial charge on any atom is 0.123 e. The fourth-order valence-electron chi connectivity index (χ4n) is 3.43. The molecule has 118 valence electrons. The van der Waals surface area contributed by atoms with Crippen LogP contribution in [-0.4, -0.2) is 12.6 Å². The van der Waals surface area contributed by atoms with E-state index < -0.39 is 0 Å². The zero-order chi connectivity index (χ0) is 15.4. The number of ether oxygens (including phenoxy) is 1. The highest BCUT2D eigenvalue weighted by atomic mass is 19.1. The molecular formula is C18H28FNO. The normalized spacial score (nSPS) is 27.8. The van der Waals surface area contributed by atoms with Gasteiger partial charge >= 0.3 is 0 Å². The first-order valence-corrected chi connectivity index (χ1v) is 8.12. The zero-order valence-corrected chi connectivity index (χ0v) is 13.4. The molecule has 1 aliphatic rings. The second kappa shape index (κ2) is 7.37. The largest absolute Gasteiger partial charge is 0.369 e. The van der Waals surface area contributed by atoms with E-state index in [2.05, 4.69) is 20.8 Å². The van der Waals surface area contributed by atoms with Crippen LogP contribution in [0, 0.1) is 23.6 Å². The second-order valence-electron chi connectivity index (χ2n) is 6.78. The highest BCUT2D eigenvalue weighted by Crippen LogP contribution is 2.37. The monoisotopic (exact) mass is 293 g/mol. The molecule has 2 nitrogen and oxygen atoms in total. The lowest BCUT2D eigenvalue weighted by Crippen LogP contribution is -2.36. The Balaban J connectivity index is 2.09. The van der Waals surface area contributed by atoms with Gasteiger partial charge in [0.1, 0.15) is 5.82 Å². The van der Waals surface area contributed by atoms with Crippen LogP contribution in [0.2, 0.25) is 0 Å². The van der Waals surface area contributed by atoms with Crippen molar-refractivity contribution in [3.05, 3.63) is 35.6 Å². The molecule has 0 spiro atoms. The van der Waals surface area contributed by atoms with E-state index in [-0.39, 0.29) is 18.0 Å². The van der Waals surface area contributed by atoms with Crippen molar-refractivity contribution in [2.75, 3.05) is 6.54 Å². The fraction of sp³-hybridized carbons (Fsp3) is 0.667. The quantitative estimate of drug-likeness (QED) is 0.878. The van der Waals surface area contributed by atoms with Crippen LogP contribution in [-0.2, 0) is 4.74 Å². The molecule has 4 atom stereocenters. The van der Waals surface area contributed by atoms with Gasteiger partial charge in [-0.05, 0) is 48.3 Å². The summed E-state index contributed by atoms with van der Waals surface area (Å²) in [5, 5.41) is 0. The van der Waals surface area contributed by atoms with Gasteiger partial charge in [-0.3, -0.25) is 0 Å². The average Bonchev–Trinajstić information content (AvgIpc) is 2.45. The van der Waals surface area contributed by atoms with Crippen molar-refractivity contribution in [2.45, 2.75) is 52.2 Å². The van der Waals surface area contributed by atoms with Gasteiger partial charge in [-0.25, -0.2) is 4.39 Å². The molecule has 0 saturated heterocycles. The van der Waals surface area contributed by atoms with E-state index in [4.69, 9.17) is 10.5 Å². The van der Waals surface area contributed by atoms with E-state index in [1.54, 1.807) is 12.1 Å². The van der Waals surface area contributed by atoms with E-state index in [1.807, 2.05) is 0 Å². The van der Waals surface area contributed by atoms with Crippen LogP contribution in [0.1, 0.15) is 51.7 Å². The summed E-state index contributed by atoms with van der Waals surface area (Å²) < 4.78 is 19.4. The molecule has 21 heavy (non-hydrogen) atoms. The zero-order valence-electron chi connectivity index (χ0n) is 13.4. The molecule has 1 aliphatic carbocycles. The Bertz CT molecular complexity index is 431. The van der Waals surface area contributed by atoms with Gasteiger partial charge in [-0.2, -0.15) is 0 Å². The van der Waals surface area contributed by atoms with Crippen molar-refractivity contribution in [1.82, 2.24) is 0 Å². The van der Waals surface area contributed by atoms with Crippen LogP contribution >= 0.6 is 0 Å². The first-order valence-electron chi connectivity index (χ1n) is 8.12. The van der Waals surface area contributed by atoms with Crippen LogP contribution in [0.3, 0.4) is 0 Å². The Morgan fingerprint density at radius 2 is 1.90 bits per heavy atom. The first kappa shape index (κ1) is 16.4. The highest BCUT2D eigenvalue weighted by Gasteiger charge is 2.33. The van der Waals surface area contributed by atoms with Crippen LogP contribution in [0.4, 0.5) is 4.39 Å². The third kappa shape index (κ3) is 4.27.